The van der Waals surface area contributed by atoms with Gasteiger partial charge in [0, 0.05) is 4.47 Å². The highest BCUT2D eigenvalue weighted by Gasteiger charge is 2.43. The van der Waals surface area contributed by atoms with Crippen molar-refractivity contribution < 1.29 is 5.11 Å². The van der Waals surface area contributed by atoms with Crippen LogP contribution >= 0.6 is 15.9 Å². The number of rotatable bonds is 2. The number of aliphatic hydroxyl groups excluding tert-OH is 1. The first-order chi connectivity index (χ1) is 10.2. The Balaban J connectivity index is 2.12. The molecule has 0 fully saturated rings. The summed E-state index contributed by atoms with van der Waals surface area (Å²) in [5.74, 6) is 0. The smallest absolute Gasteiger partial charge is 0.112 e. The van der Waals surface area contributed by atoms with Crippen LogP contribution in [0.2, 0.25) is 0 Å². The van der Waals surface area contributed by atoms with Gasteiger partial charge in [-0.25, -0.2) is 0 Å². The first-order valence-corrected chi connectivity index (χ1v) is 7.90. The molecule has 0 saturated carbocycles. The van der Waals surface area contributed by atoms with Gasteiger partial charge >= 0.3 is 0 Å². The molecule has 2 aromatic rings. The van der Waals surface area contributed by atoms with Crippen molar-refractivity contribution in [3.05, 3.63) is 69.7 Å². The van der Waals surface area contributed by atoms with Gasteiger partial charge in [-0.05, 0) is 48.1 Å². The van der Waals surface area contributed by atoms with Crippen LogP contribution in [0, 0.1) is 11.3 Å². The maximum absolute atomic E-state index is 10.9. The van der Waals surface area contributed by atoms with Crippen molar-refractivity contribution >= 4 is 15.9 Å². The number of nitrogens with zero attached hydrogens (tertiary/aromatic N) is 1. The zero-order chi connectivity index (χ0) is 14.9. The lowest BCUT2D eigenvalue weighted by Gasteiger charge is -2.37. The van der Waals surface area contributed by atoms with E-state index in [9.17, 15) is 10.4 Å². The molecule has 0 aromatic heterocycles. The normalized spacial score (nSPS) is 22.1. The number of nitriles is 1. The summed E-state index contributed by atoms with van der Waals surface area (Å²) in [5, 5.41) is 20.8. The van der Waals surface area contributed by atoms with Crippen LogP contribution in [0.3, 0.4) is 0 Å². The third kappa shape index (κ3) is 2.39. The molecule has 0 radical (unpaired) electrons. The highest BCUT2D eigenvalue weighted by molar-refractivity contribution is 9.10. The van der Waals surface area contributed by atoms with Crippen LogP contribution in [0.15, 0.2) is 53.0 Å². The van der Waals surface area contributed by atoms with Gasteiger partial charge in [-0.1, -0.05) is 52.3 Å². The SMILES string of the molecule is N#CC1(C(O)c2cccc(Br)c2)CCCc2ccccc21. The molecule has 0 bridgehead atoms. The molecule has 0 amide bonds. The van der Waals surface area contributed by atoms with E-state index >= 15 is 0 Å². The van der Waals surface area contributed by atoms with Crippen LogP contribution in [0.4, 0.5) is 0 Å². The quantitative estimate of drug-likeness (QED) is 0.885. The van der Waals surface area contributed by atoms with E-state index in [0.29, 0.717) is 6.42 Å². The van der Waals surface area contributed by atoms with E-state index in [0.717, 1.165) is 28.4 Å². The van der Waals surface area contributed by atoms with Crippen molar-refractivity contribution in [1.82, 2.24) is 0 Å². The number of fused-ring (bicyclic) bond motifs is 1. The maximum Gasteiger partial charge on any atom is 0.112 e. The maximum atomic E-state index is 10.9. The van der Waals surface area contributed by atoms with Crippen LogP contribution in [-0.2, 0) is 11.8 Å². The Morgan fingerprint density at radius 2 is 2.00 bits per heavy atom. The molecule has 0 aliphatic heterocycles. The lowest BCUT2D eigenvalue weighted by Crippen LogP contribution is -2.36. The molecule has 0 saturated heterocycles. The summed E-state index contributed by atoms with van der Waals surface area (Å²) < 4.78 is 0.913. The Labute approximate surface area is 133 Å². The monoisotopic (exact) mass is 341 g/mol. The predicted molar refractivity (Wildman–Crippen MR) is 85.8 cm³/mol. The van der Waals surface area contributed by atoms with Crippen LogP contribution in [0.1, 0.15) is 35.6 Å². The molecule has 3 rings (SSSR count). The van der Waals surface area contributed by atoms with Crippen molar-refractivity contribution in [1.29, 1.82) is 5.26 Å². The number of aliphatic hydroxyl groups is 1. The minimum Gasteiger partial charge on any atom is -0.386 e. The molecule has 2 atom stereocenters. The van der Waals surface area contributed by atoms with Gasteiger partial charge in [-0.2, -0.15) is 5.26 Å². The van der Waals surface area contributed by atoms with E-state index in [-0.39, 0.29) is 0 Å². The largest absolute Gasteiger partial charge is 0.386 e. The van der Waals surface area contributed by atoms with Crippen molar-refractivity contribution in [3.8, 4) is 6.07 Å². The highest BCUT2D eigenvalue weighted by Crippen LogP contribution is 2.45. The minimum atomic E-state index is -0.852. The molecule has 1 aliphatic rings. The Kier molecular flexibility index (Phi) is 3.84. The molecule has 0 spiro atoms. The summed E-state index contributed by atoms with van der Waals surface area (Å²) in [6.45, 7) is 0. The molecule has 0 heterocycles. The number of hydrogen-bond acceptors (Lipinski definition) is 2. The van der Waals surface area contributed by atoms with Crippen molar-refractivity contribution in [2.75, 3.05) is 0 Å². The number of benzene rings is 2. The molecule has 1 N–H and O–H groups in total. The summed E-state index contributed by atoms with van der Waals surface area (Å²) in [6.07, 6.45) is 1.77. The Bertz CT molecular complexity index is 706. The summed E-state index contributed by atoms with van der Waals surface area (Å²) >= 11 is 3.43. The third-order valence-electron chi connectivity index (χ3n) is 4.35. The van der Waals surface area contributed by atoms with E-state index in [1.807, 2.05) is 42.5 Å². The van der Waals surface area contributed by atoms with Crippen LogP contribution in [0.25, 0.3) is 0 Å². The number of aryl methyl sites for hydroxylation is 1. The van der Waals surface area contributed by atoms with Crippen molar-refractivity contribution in [2.24, 2.45) is 0 Å². The van der Waals surface area contributed by atoms with Gasteiger partial charge in [0.2, 0.25) is 0 Å². The molecular weight excluding hydrogens is 326 g/mol. The van der Waals surface area contributed by atoms with Gasteiger partial charge < -0.3 is 5.11 Å². The van der Waals surface area contributed by atoms with Crippen LogP contribution in [0.5, 0.6) is 0 Å². The van der Waals surface area contributed by atoms with Crippen LogP contribution < -0.4 is 0 Å². The first kappa shape index (κ1) is 14.3. The fourth-order valence-corrected chi connectivity index (χ4v) is 3.71. The van der Waals surface area contributed by atoms with E-state index in [1.54, 1.807) is 0 Å². The average molecular weight is 342 g/mol. The topological polar surface area (TPSA) is 44.0 Å². The molecule has 2 nitrogen and oxygen atoms in total. The molecule has 21 heavy (non-hydrogen) atoms. The fourth-order valence-electron chi connectivity index (χ4n) is 3.29. The molecule has 1 aliphatic carbocycles. The predicted octanol–water partition coefficient (Wildman–Crippen LogP) is 4.28. The van der Waals surface area contributed by atoms with Gasteiger partial charge in [-0.3, -0.25) is 0 Å². The Morgan fingerprint density at radius 3 is 2.76 bits per heavy atom. The first-order valence-electron chi connectivity index (χ1n) is 7.10. The second kappa shape index (κ2) is 5.63. The molecule has 3 heteroatoms. The number of hydrogen-bond donors (Lipinski definition) is 1. The second-order valence-electron chi connectivity index (χ2n) is 5.55. The van der Waals surface area contributed by atoms with Gasteiger partial charge in [0.1, 0.15) is 11.5 Å². The number of halogens is 1. The van der Waals surface area contributed by atoms with Gasteiger partial charge in [0.05, 0.1) is 6.07 Å². The zero-order valence-electron chi connectivity index (χ0n) is 11.6. The Morgan fingerprint density at radius 1 is 1.19 bits per heavy atom. The van der Waals surface area contributed by atoms with E-state index in [1.165, 1.54) is 5.56 Å². The van der Waals surface area contributed by atoms with Gasteiger partial charge in [0.15, 0.2) is 0 Å². The summed E-state index contributed by atoms with van der Waals surface area (Å²) in [7, 11) is 0. The summed E-state index contributed by atoms with van der Waals surface area (Å²) in [5.41, 5.74) is 2.09. The van der Waals surface area contributed by atoms with Crippen molar-refractivity contribution in [3.63, 3.8) is 0 Å². The Hall–Kier alpha value is -1.63. The zero-order valence-corrected chi connectivity index (χ0v) is 13.2. The molecule has 2 aromatic carbocycles. The second-order valence-corrected chi connectivity index (χ2v) is 6.47. The minimum absolute atomic E-state index is 0.689. The lowest BCUT2D eigenvalue weighted by molar-refractivity contribution is 0.0995. The standard InChI is InChI=1S/C18H16BrNO/c19-15-8-3-6-14(11-15)17(21)18(12-20)10-4-7-13-5-1-2-9-16(13)18/h1-3,5-6,8-9,11,17,21H,4,7,10H2. The average Bonchev–Trinajstić information content (AvgIpc) is 2.53. The molecule has 106 valence electrons. The third-order valence-corrected chi connectivity index (χ3v) is 4.84. The summed E-state index contributed by atoms with van der Waals surface area (Å²) in [6, 6.07) is 18.0. The van der Waals surface area contributed by atoms with E-state index in [4.69, 9.17) is 0 Å². The van der Waals surface area contributed by atoms with Crippen LogP contribution in [-0.4, -0.2) is 5.11 Å². The van der Waals surface area contributed by atoms with Gasteiger partial charge in [0.25, 0.3) is 0 Å². The molecule has 2 unspecified atom stereocenters. The summed E-state index contributed by atoms with van der Waals surface area (Å²) in [4.78, 5) is 0. The van der Waals surface area contributed by atoms with E-state index in [2.05, 4.69) is 28.1 Å². The fraction of sp³-hybridized carbons (Fsp3) is 0.278. The van der Waals surface area contributed by atoms with E-state index < -0.39 is 11.5 Å². The van der Waals surface area contributed by atoms with Crippen molar-refractivity contribution in [2.45, 2.75) is 30.8 Å². The molecular formula is C18H16BrNO. The lowest BCUT2D eigenvalue weighted by atomic mass is 9.66. The van der Waals surface area contributed by atoms with Gasteiger partial charge in [-0.15, -0.1) is 0 Å². The highest BCUT2D eigenvalue weighted by atomic mass is 79.9.